The molecular formula is C18H20N6. The molecule has 1 N–H and O–H groups in total. The second kappa shape index (κ2) is 6.49. The average molecular weight is 320 g/mol. The number of aromatic nitrogens is 5. The molecule has 0 radical (unpaired) electrons. The number of rotatable bonds is 4. The van der Waals surface area contributed by atoms with E-state index in [4.69, 9.17) is 0 Å². The van der Waals surface area contributed by atoms with Crippen molar-refractivity contribution in [2.75, 3.05) is 0 Å². The van der Waals surface area contributed by atoms with Crippen LogP contribution in [0, 0.1) is 0 Å². The molecule has 4 rings (SSSR count). The Morgan fingerprint density at radius 1 is 1.21 bits per heavy atom. The third-order valence-electron chi connectivity index (χ3n) is 4.52. The summed E-state index contributed by atoms with van der Waals surface area (Å²) in [6.07, 6.45) is 8.75. The number of fused-ring (bicyclic) bond motifs is 1. The van der Waals surface area contributed by atoms with Crippen LogP contribution in [-0.2, 0) is 20.0 Å². The maximum atomic E-state index is 4.57. The molecule has 3 aromatic heterocycles. The van der Waals surface area contributed by atoms with Crippen LogP contribution in [0.15, 0.2) is 43.0 Å². The monoisotopic (exact) mass is 320 g/mol. The van der Waals surface area contributed by atoms with Crippen molar-refractivity contribution in [1.82, 2.24) is 30.0 Å². The smallest absolute Gasteiger partial charge is 0.159 e. The lowest BCUT2D eigenvalue weighted by Crippen LogP contribution is -2.26. The van der Waals surface area contributed by atoms with E-state index in [2.05, 4.69) is 31.4 Å². The molecule has 24 heavy (non-hydrogen) atoms. The molecule has 0 aromatic carbocycles. The third kappa shape index (κ3) is 2.92. The Bertz CT molecular complexity index is 824. The normalized spacial score (nSPS) is 16.8. The van der Waals surface area contributed by atoms with Crippen molar-refractivity contribution in [3.63, 3.8) is 0 Å². The number of hydrogen-bond donors (Lipinski definition) is 1. The zero-order valence-electron chi connectivity index (χ0n) is 13.7. The van der Waals surface area contributed by atoms with E-state index in [1.807, 2.05) is 37.6 Å². The van der Waals surface area contributed by atoms with E-state index in [1.165, 1.54) is 17.7 Å². The molecule has 3 heterocycles. The number of hydrogen-bond acceptors (Lipinski definition) is 5. The summed E-state index contributed by atoms with van der Waals surface area (Å²) in [4.78, 5) is 13.4. The molecule has 0 saturated carbocycles. The van der Waals surface area contributed by atoms with Gasteiger partial charge >= 0.3 is 0 Å². The zero-order valence-corrected chi connectivity index (χ0v) is 13.7. The minimum absolute atomic E-state index is 0.315. The van der Waals surface area contributed by atoms with Crippen molar-refractivity contribution in [3.05, 3.63) is 59.9 Å². The Labute approximate surface area is 141 Å². The molecule has 1 aliphatic rings. The van der Waals surface area contributed by atoms with Gasteiger partial charge in [-0.1, -0.05) is 6.07 Å². The van der Waals surface area contributed by atoms with Crippen LogP contribution in [0.5, 0.6) is 0 Å². The van der Waals surface area contributed by atoms with Crippen LogP contribution in [0.4, 0.5) is 0 Å². The maximum absolute atomic E-state index is 4.57. The van der Waals surface area contributed by atoms with E-state index in [9.17, 15) is 0 Å². The van der Waals surface area contributed by atoms with Gasteiger partial charge in [-0.25, -0.2) is 9.67 Å². The summed E-state index contributed by atoms with van der Waals surface area (Å²) in [6.45, 7) is 0.736. The molecule has 1 atom stereocenters. The molecule has 0 saturated heterocycles. The first kappa shape index (κ1) is 15.0. The van der Waals surface area contributed by atoms with Gasteiger partial charge in [0.1, 0.15) is 6.33 Å². The topological polar surface area (TPSA) is 68.5 Å². The lowest BCUT2D eigenvalue weighted by atomic mass is 9.92. The Balaban J connectivity index is 1.45. The van der Waals surface area contributed by atoms with Crippen LogP contribution < -0.4 is 5.32 Å². The second-order valence-electron chi connectivity index (χ2n) is 6.12. The average Bonchev–Trinajstić information content (AvgIpc) is 3.06. The van der Waals surface area contributed by atoms with Crippen molar-refractivity contribution >= 4 is 0 Å². The summed E-state index contributed by atoms with van der Waals surface area (Å²) >= 11 is 0. The van der Waals surface area contributed by atoms with Crippen LogP contribution in [-0.4, -0.2) is 24.7 Å². The fraction of sp³-hybridized carbons (Fsp3) is 0.333. The predicted octanol–water partition coefficient (Wildman–Crippen LogP) is 2.44. The van der Waals surface area contributed by atoms with Crippen molar-refractivity contribution in [2.24, 2.45) is 7.05 Å². The molecule has 6 heteroatoms. The van der Waals surface area contributed by atoms with E-state index in [0.717, 1.165) is 36.5 Å². The van der Waals surface area contributed by atoms with Crippen molar-refractivity contribution in [1.29, 1.82) is 0 Å². The van der Waals surface area contributed by atoms with Gasteiger partial charge in [-0.05, 0) is 43.0 Å². The number of aryl methyl sites for hydroxylation is 2. The SMILES string of the molecule is Cn1ncnc1-c1ccc(CNC2CCCc3cccnc32)nc1. The van der Waals surface area contributed by atoms with E-state index in [0.29, 0.717) is 6.04 Å². The van der Waals surface area contributed by atoms with Gasteiger partial charge in [-0.15, -0.1) is 0 Å². The van der Waals surface area contributed by atoms with Gasteiger partial charge in [-0.2, -0.15) is 5.10 Å². The van der Waals surface area contributed by atoms with Gasteiger partial charge in [0.05, 0.1) is 17.4 Å². The summed E-state index contributed by atoms with van der Waals surface area (Å²) in [5, 5.41) is 7.69. The maximum Gasteiger partial charge on any atom is 0.159 e. The minimum Gasteiger partial charge on any atom is -0.303 e. The van der Waals surface area contributed by atoms with E-state index >= 15 is 0 Å². The Morgan fingerprint density at radius 2 is 2.17 bits per heavy atom. The molecule has 0 fully saturated rings. The summed E-state index contributed by atoms with van der Waals surface area (Å²) in [7, 11) is 1.88. The first-order chi connectivity index (χ1) is 11.8. The predicted molar refractivity (Wildman–Crippen MR) is 91.0 cm³/mol. The summed E-state index contributed by atoms with van der Waals surface area (Å²) in [5.74, 6) is 0.826. The molecule has 1 aliphatic carbocycles. The zero-order chi connectivity index (χ0) is 16.4. The number of nitrogens with one attached hydrogen (secondary N) is 1. The van der Waals surface area contributed by atoms with Gasteiger partial charge in [0.25, 0.3) is 0 Å². The van der Waals surface area contributed by atoms with Crippen LogP contribution in [0.3, 0.4) is 0 Å². The highest BCUT2D eigenvalue weighted by molar-refractivity contribution is 5.53. The Hall–Kier alpha value is -2.60. The van der Waals surface area contributed by atoms with E-state index in [-0.39, 0.29) is 0 Å². The standard InChI is InChI=1S/C18H20N6/c1-24-18(22-12-23-24)14-7-8-15(20-10-14)11-21-16-6-2-4-13-5-3-9-19-17(13)16/h3,5,7-10,12,16,21H,2,4,6,11H2,1H3. The second-order valence-corrected chi connectivity index (χ2v) is 6.12. The largest absolute Gasteiger partial charge is 0.303 e. The molecule has 3 aromatic rings. The van der Waals surface area contributed by atoms with Crippen LogP contribution >= 0.6 is 0 Å². The first-order valence-electron chi connectivity index (χ1n) is 8.28. The molecule has 0 aliphatic heterocycles. The molecule has 0 spiro atoms. The van der Waals surface area contributed by atoms with Crippen molar-refractivity contribution in [3.8, 4) is 11.4 Å². The van der Waals surface area contributed by atoms with Gasteiger partial charge < -0.3 is 5.32 Å². The Kier molecular flexibility index (Phi) is 4.04. The quantitative estimate of drug-likeness (QED) is 0.799. The first-order valence-corrected chi connectivity index (χ1v) is 8.28. The molecule has 0 amide bonds. The highest BCUT2D eigenvalue weighted by Crippen LogP contribution is 2.27. The van der Waals surface area contributed by atoms with Crippen LogP contribution in [0.25, 0.3) is 11.4 Å². The fourth-order valence-electron chi connectivity index (χ4n) is 3.25. The highest BCUT2D eigenvalue weighted by Gasteiger charge is 2.20. The van der Waals surface area contributed by atoms with Crippen LogP contribution in [0.2, 0.25) is 0 Å². The highest BCUT2D eigenvalue weighted by atomic mass is 15.3. The van der Waals surface area contributed by atoms with E-state index in [1.54, 1.807) is 11.0 Å². The van der Waals surface area contributed by atoms with Gasteiger partial charge in [0, 0.05) is 31.5 Å². The van der Waals surface area contributed by atoms with Gasteiger partial charge in [-0.3, -0.25) is 9.97 Å². The van der Waals surface area contributed by atoms with Gasteiger partial charge in [0.2, 0.25) is 0 Å². The fourth-order valence-corrected chi connectivity index (χ4v) is 3.25. The molecule has 6 nitrogen and oxygen atoms in total. The molecule has 0 bridgehead atoms. The van der Waals surface area contributed by atoms with Crippen molar-refractivity contribution in [2.45, 2.75) is 31.8 Å². The number of nitrogens with zero attached hydrogens (tertiary/aromatic N) is 5. The summed E-state index contributed by atoms with van der Waals surface area (Å²) < 4.78 is 1.75. The van der Waals surface area contributed by atoms with Crippen LogP contribution in [0.1, 0.15) is 35.8 Å². The lowest BCUT2D eigenvalue weighted by molar-refractivity contribution is 0.445. The molecule has 122 valence electrons. The minimum atomic E-state index is 0.315. The third-order valence-corrected chi connectivity index (χ3v) is 4.52. The Morgan fingerprint density at radius 3 is 2.96 bits per heavy atom. The van der Waals surface area contributed by atoms with Crippen molar-refractivity contribution < 1.29 is 0 Å². The molecule has 1 unspecified atom stereocenters. The summed E-state index contributed by atoms with van der Waals surface area (Å²) in [6, 6.07) is 8.60. The van der Waals surface area contributed by atoms with E-state index < -0.39 is 0 Å². The molecular weight excluding hydrogens is 300 g/mol. The van der Waals surface area contributed by atoms with Gasteiger partial charge in [0.15, 0.2) is 5.82 Å². The lowest BCUT2D eigenvalue weighted by Gasteiger charge is -2.25. The number of pyridine rings is 2. The summed E-state index contributed by atoms with van der Waals surface area (Å²) in [5.41, 5.74) is 4.55.